The van der Waals surface area contributed by atoms with E-state index in [9.17, 15) is 4.79 Å². The van der Waals surface area contributed by atoms with E-state index < -0.39 is 0 Å². The summed E-state index contributed by atoms with van der Waals surface area (Å²) < 4.78 is 3.26. The van der Waals surface area contributed by atoms with E-state index in [-0.39, 0.29) is 5.91 Å². The van der Waals surface area contributed by atoms with E-state index in [2.05, 4.69) is 58.1 Å². The van der Waals surface area contributed by atoms with Gasteiger partial charge in [0.15, 0.2) is 5.15 Å². The summed E-state index contributed by atoms with van der Waals surface area (Å²) in [7, 11) is 1.59. The van der Waals surface area contributed by atoms with Gasteiger partial charge in [0.25, 0.3) is 5.91 Å². The number of nitrogens with zero attached hydrogens (tertiary/aromatic N) is 2. The van der Waals surface area contributed by atoms with E-state index >= 15 is 0 Å². The van der Waals surface area contributed by atoms with Crippen molar-refractivity contribution < 1.29 is 4.79 Å². The quantitative estimate of drug-likeness (QED) is 0.419. The lowest BCUT2D eigenvalue weighted by Gasteiger charge is -2.11. The molecule has 3 aromatic rings. The van der Waals surface area contributed by atoms with Crippen molar-refractivity contribution in [3.05, 3.63) is 71.3 Å². The van der Waals surface area contributed by atoms with Crippen molar-refractivity contribution in [2.45, 2.75) is 24.7 Å². The number of carbonyl (C=O) groups excluding carboxylic acids is 1. The lowest BCUT2D eigenvalue weighted by Crippen LogP contribution is -2.17. The van der Waals surface area contributed by atoms with Crippen LogP contribution in [0.1, 0.15) is 35.7 Å². The maximum atomic E-state index is 11.8. The number of nitrogens with one attached hydrogen (secondary N) is 2. The summed E-state index contributed by atoms with van der Waals surface area (Å²) in [6.07, 6.45) is 4.89. The summed E-state index contributed by atoms with van der Waals surface area (Å²) in [6, 6.07) is 12.1. The van der Waals surface area contributed by atoms with Crippen molar-refractivity contribution in [2.75, 3.05) is 11.8 Å². The third kappa shape index (κ3) is 4.82. The van der Waals surface area contributed by atoms with Gasteiger partial charge in [0.2, 0.25) is 0 Å². The molecule has 2 aromatic heterocycles. The zero-order valence-electron chi connectivity index (χ0n) is 15.9. The maximum Gasteiger partial charge on any atom is 0.252 e. The second kappa shape index (κ2) is 9.08. The van der Waals surface area contributed by atoms with Gasteiger partial charge < -0.3 is 10.0 Å². The van der Waals surface area contributed by atoms with Crippen LogP contribution in [-0.4, -0.2) is 22.9 Å². The molecule has 0 aliphatic heterocycles. The SMILES string of the molecule is CNC(=O)c1cncc(-c2cnc(Cl)c(NSc3ccc(C(C)C)cc3)c2)c1. The van der Waals surface area contributed by atoms with Gasteiger partial charge in [-0.05, 0) is 47.7 Å². The van der Waals surface area contributed by atoms with E-state index in [0.29, 0.717) is 22.3 Å². The maximum absolute atomic E-state index is 11.8. The number of carbonyl (C=O) groups is 1. The molecule has 7 heteroatoms. The lowest BCUT2D eigenvalue weighted by molar-refractivity contribution is 0.0963. The summed E-state index contributed by atoms with van der Waals surface area (Å²) in [4.78, 5) is 21.3. The van der Waals surface area contributed by atoms with Gasteiger partial charge in [-0.25, -0.2) is 4.98 Å². The second-order valence-corrected chi connectivity index (χ2v) is 7.77. The fraction of sp³-hybridized carbons (Fsp3) is 0.190. The van der Waals surface area contributed by atoms with Gasteiger partial charge in [-0.15, -0.1) is 0 Å². The third-order valence-electron chi connectivity index (χ3n) is 4.23. The van der Waals surface area contributed by atoms with Crippen LogP contribution < -0.4 is 10.0 Å². The molecule has 0 aliphatic carbocycles. The highest BCUT2D eigenvalue weighted by Crippen LogP contribution is 2.31. The molecule has 2 heterocycles. The Kier molecular flexibility index (Phi) is 6.54. The smallest absolute Gasteiger partial charge is 0.252 e. The Hall–Kier alpha value is -2.57. The van der Waals surface area contributed by atoms with E-state index in [1.54, 1.807) is 25.5 Å². The van der Waals surface area contributed by atoms with Crippen molar-refractivity contribution >= 4 is 35.1 Å². The molecular weight excluding hydrogens is 392 g/mol. The van der Waals surface area contributed by atoms with Crippen LogP contribution in [0.25, 0.3) is 11.1 Å². The summed E-state index contributed by atoms with van der Waals surface area (Å²) in [6.45, 7) is 4.34. The van der Waals surface area contributed by atoms with Crippen LogP contribution in [0.15, 0.2) is 59.9 Å². The summed E-state index contributed by atoms with van der Waals surface area (Å²) in [5.74, 6) is 0.316. The first kappa shape index (κ1) is 20.2. The molecule has 0 bridgehead atoms. The molecule has 0 spiro atoms. The number of benzene rings is 1. The Morgan fingerprint density at radius 2 is 1.79 bits per heavy atom. The van der Waals surface area contributed by atoms with Crippen LogP contribution >= 0.6 is 23.5 Å². The minimum absolute atomic E-state index is 0.185. The number of aromatic nitrogens is 2. The number of halogens is 1. The molecule has 0 fully saturated rings. The molecule has 0 aliphatic rings. The van der Waals surface area contributed by atoms with Crippen LogP contribution in [0.5, 0.6) is 0 Å². The molecule has 0 saturated carbocycles. The number of amides is 1. The minimum Gasteiger partial charge on any atom is -0.355 e. The van der Waals surface area contributed by atoms with Gasteiger partial charge in [0.05, 0.1) is 11.3 Å². The highest BCUT2D eigenvalue weighted by Gasteiger charge is 2.10. The summed E-state index contributed by atoms with van der Waals surface area (Å²) in [5.41, 5.74) is 4.10. The molecule has 3 rings (SSSR count). The van der Waals surface area contributed by atoms with Crippen LogP contribution in [0.2, 0.25) is 5.15 Å². The largest absolute Gasteiger partial charge is 0.355 e. The molecule has 0 saturated heterocycles. The zero-order valence-corrected chi connectivity index (χ0v) is 17.4. The molecule has 0 atom stereocenters. The monoisotopic (exact) mass is 412 g/mol. The average Bonchev–Trinajstić information content (AvgIpc) is 2.73. The molecule has 1 amide bonds. The first-order chi connectivity index (χ1) is 13.5. The van der Waals surface area contributed by atoms with Crippen molar-refractivity contribution in [1.82, 2.24) is 15.3 Å². The Morgan fingerprint density at radius 3 is 2.46 bits per heavy atom. The highest BCUT2D eigenvalue weighted by atomic mass is 35.5. The molecule has 144 valence electrons. The fourth-order valence-corrected chi connectivity index (χ4v) is 3.44. The van der Waals surface area contributed by atoms with E-state index in [1.807, 2.05) is 6.07 Å². The van der Waals surface area contributed by atoms with Gasteiger partial charge in [-0.3, -0.25) is 9.78 Å². The lowest BCUT2D eigenvalue weighted by atomic mass is 10.0. The first-order valence-electron chi connectivity index (χ1n) is 8.84. The zero-order chi connectivity index (χ0) is 20.1. The predicted molar refractivity (Wildman–Crippen MR) is 116 cm³/mol. The van der Waals surface area contributed by atoms with Gasteiger partial charge in [0, 0.05) is 41.7 Å². The molecule has 0 radical (unpaired) electrons. The summed E-state index contributed by atoms with van der Waals surface area (Å²) >= 11 is 7.72. The first-order valence-corrected chi connectivity index (χ1v) is 10.0. The number of anilines is 1. The van der Waals surface area contributed by atoms with Crippen LogP contribution in [-0.2, 0) is 0 Å². The van der Waals surface area contributed by atoms with Crippen molar-refractivity contribution in [1.29, 1.82) is 0 Å². The highest BCUT2D eigenvalue weighted by molar-refractivity contribution is 8.00. The molecule has 5 nitrogen and oxygen atoms in total. The molecule has 2 N–H and O–H groups in total. The van der Waals surface area contributed by atoms with Gasteiger partial charge in [0.1, 0.15) is 0 Å². The Bertz CT molecular complexity index is 976. The minimum atomic E-state index is -0.185. The number of rotatable bonds is 6. The van der Waals surface area contributed by atoms with E-state index in [0.717, 1.165) is 16.0 Å². The van der Waals surface area contributed by atoms with Crippen LogP contribution in [0.3, 0.4) is 0 Å². The van der Waals surface area contributed by atoms with Crippen LogP contribution in [0, 0.1) is 0 Å². The normalized spacial score (nSPS) is 10.8. The number of hydrogen-bond acceptors (Lipinski definition) is 5. The summed E-state index contributed by atoms with van der Waals surface area (Å²) in [5, 5.41) is 2.98. The molecule has 0 unspecified atom stereocenters. The molecule has 28 heavy (non-hydrogen) atoms. The van der Waals surface area contributed by atoms with Crippen molar-refractivity contribution in [3.8, 4) is 11.1 Å². The van der Waals surface area contributed by atoms with Crippen molar-refractivity contribution in [3.63, 3.8) is 0 Å². The Morgan fingerprint density at radius 1 is 1.07 bits per heavy atom. The van der Waals surface area contributed by atoms with E-state index in [1.165, 1.54) is 23.7 Å². The average molecular weight is 413 g/mol. The van der Waals surface area contributed by atoms with Gasteiger partial charge >= 0.3 is 0 Å². The molecule has 1 aromatic carbocycles. The third-order valence-corrected chi connectivity index (χ3v) is 5.36. The van der Waals surface area contributed by atoms with Crippen molar-refractivity contribution in [2.24, 2.45) is 0 Å². The molecular formula is C21H21ClN4OS. The fourth-order valence-electron chi connectivity index (χ4n) is 2.58. The Balaban J connectivity index is 1.79. The van der Waals surface area contributed by atoms with Crippen LogP contribution in [0.4, 0.5) is 5.69 Å². The number of pyridine rings is 2. The van der Waals surface area contributed by atoms with E-state index in [4.69, 9.17) is 11.6 Å². The predicted octanol–water partition coefficient (Wildman–Crippen LogP) is 5.40. The number of hydrogen-bond donors (Lipinski definition) is 2. The van der Waals surface area contributed by atoms with Gasteiger partial charge in [-0.2, -0.15) is 0 Å². The Labute approximate surface area is 174 Å². The second-order valence-electron chi connectivity index (χ2n) is 6.53. The van der Waals surface area contributed by atoms with Gasteiger partial charge in [-0.1, -0.05) is 37.6 Å². The standard InChI is InChI=1S/C21H21ClN4OS/c1-13(2)14-4-6-18(7-5-14)28-26-19-9-16(12-25-20(19)22)15-8-17(11-24-10-15)21(27)23-3/h4-13,26H,1-3H3,(H,23,27). The topological polar surface area (TPSA) is 66.9 Å².